The van der Waals surface area contributed by atoms with E-state index in [0.717, 1.165) is 12.2 Å². The highest BCUT2D eigenvalue weighted by molar-refractivity contribution is 7.98. The number of nitrogen functional groups attached to an aromatic ring is 1. The third-order valence-electron chi connectivity index (χ3n) is 2.07. The lowest BCUT2D eigenvalue weighted by Crippen LogP contribution is -2.24. The van der Waals surface area contributed by atoms with Crippen LogP contribution in [0.2, 0.25) is 5.02 Å². The molecule has 5 heteroatoms. The van der Waals surface area contributed by atoms with Crippen LogP contribution in [0.5, 0.6) is 0 Å². The molecule has 3 nitrogen and oxygen atoms in total. The largest absolute Gasteiger partial charge is 0.398 e. The predicted octanol–water partition coefficient (Wildman–Crippen LogP) is 2.41. The van der Waals surface area contributed by atoms with Gasteiger partial charge in [0.2, 0.25) is 0 Å². The molecule has 0 spiro atoms. The zero-order chi connectivity index (χ0) is 12.0. The lowest BCUT2D eigenvalue weighted by Gasteiger charge is -2.06. The van der Waals surface area contributed by atoms with Gasteiger partial charge in [0.1, 0.15) is 0 Å². The third kappa shape index (κ3) is 3.94. The minimum absolute atomic E-state index is 0.107. The average molecular weight is 259 g/mol. The summed E-state index contributed by atoms with van der Waals surface area (Å²) in [5, 5.41) is 3.30. The molecule has 1 aromatic carbocycles. The summed E-state index contributed by atoms with van der Waals surface area (Å²) in [5.41, 5.74) is 6.60. The highest BCUT2D eigenvalue weighted by Gasteiger charge is 2.06. The Morgan fingerprint density at radius 1 is 1.56 bits per heavy atom. The number of benzene rings is 1. The highest BCUT2D eigenvalue weighted by atomic mass is 35.5. The standard InChI is InChI=1S/C11H15ClN2OS/c1-16-6-2-5-14-11(15)8-3-4-9(12)10(13)7-8/h3-4,7H,2,5-6,13H2,1H3,(H,14,15). The summed E-state index contributed by atoms with van der Waals surface area (Å²) < 4.78 is 0. The van der Waals surface area contributed by atoms with E-state index >= 15 is 0 Å². The fourth-order valence-corrected chi connectivity index (χ4v) is 1.76. The third-order valence-corrected chi connectivity index (χ3v) is 3.11. The van der Waals surface area contributed by atoms with Gasteiger partial charge in [0.15, 0.2) is 0 Å². The molecule has 1 aromatic rings. The molecule has 0 bridgehead atoms. The van der Waals surface area contributed by atoms with Crippen LogP contribution in [0.1, 0.15) is 16.8 Å². The van der Waals surface area contributed by atoms with Crippen LogP contribution in [0.4, 0.5) is 5.69 Å². The molecule has 0 saturated carbocycles. The Hall–Kier alpha value is -0.870. The molecule has 0 unspecified atom stereocenters. The van der Waals surface area contributed by atoms with Gasteiger partial charge in [0, 0.05) is 12.1 Å². The van der Waals surface area contributed by atoms with Crippen molar-refractivity contribution < 1.29 is 4.79 Å². The maximum atomic E-state index is 11.7. The summed E-state index contributed by atoms with van der Waals surface area (Å²) in [5.74, 6) is 0.938. The molecule has 0 aromatic heterocycles. The first-order valence-electron chi connectivity index (χ1n) is 4.97. The van der Waals surface area contributed by atoms with Crippen molar-refractivity contribution in [2.75, 3.05) is 24.3 Å². The van der Waals surface area contributed by atoms with Gasteiger partial charge in [-0.3, -0.25) is 4.79 Å². The van der Waals surface area contributed by atoms with E-state index in [-0.39, 0.29) is 5.91 Å². The number of thioether (sulfide) groups is 1. The zero-order valence-electron chi connectivity index (χ0n) is 9.13. The summed E-state index contributed by atoms with van der Waals surface area (Å²) in [7, 11) is 0. The van der Waals surface area contributed by atoms with Gasteiger partial charge in [-0.2, -0.15) is 11.8 Å². The number of rotatable bonds is 5. The van der Waals surface area contributed by atoms with Crippen molar-refractivity contribution in [2.45, 2.75) is 6.42 Å². The molecule has 1 amide bonds. The van der Waals surface area contributed by atoms with Gasteiger partial charge >= 0.3 is 0 Å². The predicted molar refractivity (Wildman–Crippen MR) is 71.2 cm³/mol. The maximum absolute atomic E-state index is 11.7. The zero-order valence-corrected chi connectivity index (χ0v) is 10.7. The normalized spacial score (nSPS) is 10.1. The summed E-state index contributed by atoms with van der Waals surface area (Å²) in [6.07, 6.45) is 3.01. The van der Waals surface area contributed by atoms with Crippen LogP contribution >= 0.6 is 23.4 Å². The van der Waals surface area contributed by atoms with Crippen molar-refractivity contribution in [3.05, 3.63) is 28.8 Å². The Labute approximate surface area is 105 Å². The summed E-state index contributed by atoms with van der Waals surface area (Å²) >= 11 is 7.54. The molecule has 0 atom stereocenters. The van der Waals surface area contributed by atoms with Gasteiger partial charge in [-0.1, -0.05) is 11.6 Å². The first-order valence-corrected chi connectivity index (χ1v) is 6.74. The summed E-state index contributed by atoms with van der Waals surface area (Å²) in [6, 6.07) is 4.89. The number of carbonyl (C=O) groups is 1. The van der Waals surface area contributed by atoms with E-state index in [4.69, 9.17) is 17.3 Å². The second-order valence-corrected chi connectivity index (χ2v) is 4.73. The molecule has 1 rings (SSSR count). The first kappa shape index (κ1) is 13.2. The topological polar surface area (TPSA) is 55.1 Å². The van der Waals surface area contributed by atoms with Crippen molar-refractivity contribution in [3.8, 4) is 0 Å². The summed E-state index contributed by atoms with van der Waals surface area (Å²) in [6.45, 7) is 0.683. The molecule has 0 aliphatic carbocycles. The van der Waals surface area contributed by atoms with Gasteiger partial charge in [-0.15, -0.1) is 0 Å². The molecule has 0 aliphatic rings. The van der Waals surface area contributed by atoms with Crippen molar-refractivity contribution in [3.63, 3.8) is 0 Å². The molecule has 0 radical (unpaired) electrons. The SMILES string of the molecule is CSCCCNC(=O)c1ccc(Cl)c(N)c1. The minimum atomic E-state index is -0.107. The van der Waals surface area contributed by atoms with E-state index < -0.39 is 0 Å². The number of amides is 1. The van der Waals surface area contributed by atoms with E-state index in [1.165, 1.54) is 0 Å². The quantitative estimate of drug-likeness (QED) is 0.630. The van der Waals surface area contributed by atoms with Gasteiger partial charge < -0.3 is 11.1 Å². The molecule has 88 valence electrons. The maximum Gasteiger partial charge on any atom is 0.251 e. The lowest BCUT2D eigenvalue weighted by molar-refractivity contribution is 0.0954. The molecule has 0 heterocycles. The van der Waals surface area contributed by atoms with Gasteiger partial charge in [0.25, 0.3) is 5.91 Å². The molecule has 16 heavy (non-hydrogen) atoms. The van der Waals surface area contributed by atoms with Crippen LogP contribution in [-0.4, -0.2) is 24.5 Å². The monoisotopic (exact) mass is 258 g/mol. The van der Waals surface area contributed by atoms with E-state index in [0.29, 0.717) is 22.8 Å². The van der Waals surface area contributed by atoms with Crippen molar-refractivity contribution in [2.24, 2.45) is 0 Å². The molecular formula is C11H15ClN2OS. The molecule has 0 fully saturated rings. The number of halogens is 1. The van der Waals surface area contributed by atoms with Gasteiger partial charge in [0.05, 0.1) is 10.7 Å². The van der Waals surface area contributed by atoms with Crippen molar-refractivity contribution >= 4 is 35.0 Å². The number of nitrogens with one attached hydrogen (secondary N) is 1. The number of hydrogen-bond acceptors (Lipinski definition) is 3. The number of nitrogens with two attached hydrogens (primary N) is 1. The summed E-state index contributed by atoms with van der Waals surface area (Å²) in [4.78, 5) is 11.7. The first-order chi connectivity index (χ1) is 7.65. The van der Waals surface area contributed by atoms with Crippen molar-refractivity contribution in [1.82, 2.24) is 5.32 Å². The Balaban J connectivity index is 2.50. The molecule has 3 N–H and O–H groups in total. The minimum Gasteiger partial charge on any atom is -0.398 e. The Bertz CT molecular complexity index is 371. The van der Waals surface area contributed by atoms with Crippen LogP contribution in [0.15, 0.2) is 18.2 Å². The number of carbonyl (C=O) groups excluding carboxylic acids is 1. The van der Waals surface area contributed by atoms with E-state index in [9.17, 15) is 4.79 Å². The number of anilines is 1. The Morgan fingerprint density at radius 3 is 2.94 bits per heavy atom. The van der Waals surface area contributed by atoms with E-state index in [2.05, 4.69) is 5.32 Å². The highest BCUT2D eigenvalue weighted by Crippen LogP contribution is 2.19. The fourth-order valence-electron chi connectivity index (χ4n) is 1.21. The number of hydrogen-bond donors (Lipinski definition) is 2. The molecule has 0 aliphatic heterocycles. The molecular weight excluding hydrogens is 244 g/mol. The fraction of sp³-hybridized carbons (Fsp3) is 0.364. The molecule has 0 saturated heterocycles. The lowest BCUT2D eigenvalue weighted by atomic mass is 10.2. The van der Waals surface area contributed by atoms with Crippen molar-refractivity contribution in [1.29, 1.82) is 0 Å². The van der Waals surface area contributed by atoms with Crippen LogP contribution in [-0.2, 0) is 0 Å². The smallest absolute Gasteiger partial charge is 0.251 e. The Kier molecular flexibility index (Phi) is 5.49. The van der Waals surface area contributed by atoms with Crippen LogP contribution < -0.4 is 11.1 Å². The second-order valence-electron chi connectivity index (χ2n) is 3.34. The Morgan fingerprint density at radius 2 is 2.31 bits per heavy atom. The average Bonchev–Trinajstić information content (AvgIpc) is 2.28. The van der Waals surface area contributed by atoms with E-state index in [1.54, 1.807) is 30.0 Å². The van der Waals surface area contributed by atoms with Gasteiger partial charge in [-0.25, -0.2) is 0 Å². The van der Waals surface area contributed by atoms with Gasteiger partial charge in [-0.05, 0) is 36.6 Å². The van der Waals surface area contributed by atoms with Crippen LogP contribution in [0.3, 0.4) is 0 Å². The second kappa shape index (κ2) is 6.66. The van der Waals surface area contributed by atoms with Crippen LogP contribution in [0.25, 0.3) is 0 Å². The van der Waals surface area contributed by atoms with Crippen LogP contribution in [0, 0.1) is 0 Å². The van der Waals surface area contributed by atoms with E-state index in [1.807, 2.05) is 6.26 Å².